The van der Waals surface area contributed by atoms with Crippen molar-refractivity contribution in [3.63, 3.8) is 0 Å². The maximum Gasteiger partial charge on any atom is 0.329 e. The highest BCUT2D eigenvalue weighted by atomic mass is 32.1. The van der Waals surface area contributed by atoms with E-state index in [4.69, 9.17) is 18.7 Å². The average Bonchev–Trinajstić information content (AvgIpc) is 3.68. The topological polar surface area (TPSA) is 145 Å². The summed E-state index contributed by atoms with van der Waals surface area (Å²) in [5, 5.41) is 11.3. The van der Waals surface area contributed by atoms with Crippen molar-refractivity contribution in [3.8, 4) is 0 Å². The van der Waals surface area contributed by atoms with Crippen molar-refractivity contribution in [2.75, 3.05) is 46.6 Å². The Kier molecular flexibility index (Phi) is 11.8. The number of aromatic nitrogens is 2. The van der Waals surface area contributed by atoms with Crippen molar-refractivity contribution >= 4 is 29.1 Å². The number of carbonyl (C=O) groups is 3. The van der Waals surface area contributed by atoms with Crippen LogP contribution in [0.5, 0.6) is 0 Å². The van der Waals surface area contributed by atoms with Crippen molar-refractivity contribution in [1.82, 2.24) is 25.7 Å². The highest BCUT2D eigenvalue weighted by molar-refractivity contribution is 7.07. The third-order valence-corrected chi connectivity index (χ3v) is 7.13. The fourth-order valence-electron chi connectivity index (χ4n) is 4.27. The first-order chi connectivity index (χ1) is 20.0. The minimum absolute atomic E-state index is 0.0475. The quantitative estimate of drug-likeness (QED) is 0.199. The van der Waals surface area contributed by atoms with Gasteiger partial charge in [0, 0.05) is 38.1 Å². The Labute approximate surface area is 242 Å². The van der Waals surface area contributed by atoms with Gasteiger partial charge in [-0.3, -0.25) is 14.5 Å². The van der Waals surface area contributed by atoms with E-state index in [1.807, 2.05) is 30.3 Å². The van der Waals surface area contributed by atoms with Crippen LogP contribution in [0.2, 0.25) is 0 Å². The molecule has 220 valence electrons. The van der Waals surface area contributed by atoms with E-state index in [-0.39, 0.29) is 25.3 Å². The molecule has 0 bridgehead atoms. The standard InChI is InChI=1S/C28H35N5O7S/c1-37-13-14-39-28(36)25(15-21-18-41-19-29-21)31-26(34)23(8-7-20-5-3-2-4-6-20)30-27(35)24-16-22(40-32-24)17-33-9-11-38-12-10-33/h2-6,16,18-19,23,25H,7-15,17H2,1H3,(H,30,35)(H,31,34)/t23-,25-/m0/s1. The normalized spacial score (nSPS) is 15.1. The Balaban J connectivity index is 1.44. The van der Waals surface area contributed by atoms with E-state index in [2.05, 4.69) is 25.7 Å². The second kappa shape index (κ2) is 16.0. The number of hydrogen-bond donors (Lipinski definition) is 2. The molecule has 1 aromatic carbocycles. The molecule has 0 spiro atoms. The van der Waals surface area contributed by atoms with Crippen LogP contribution in [0, 0.1) is 0 Å². The molecule has 2 N–H and O–H groups in total. The van der Waals surface area contributed by atoms with Crippen LogP contribution in [0.4, 0.5) is 0 Å². The molecule has 1 aliphatic heterocycles. The molecule has 1 fully saturated rings. The molecule has 2 amide bonds. The minimum atomic E-state index is -0.996. The van der Waals surface area contributed by atoms with Gasteiger partial charge in [-0.05, 0) is 18.4 Å². The predicted molar refractivity (Wildman–Crippen MR) is 149 cm³/mol. The van der Waals surface area contributed by atoms with Gasteiger partial charge in [-0.15, -0.1) is 11.3 Å². The van der Waals surface area contributed by atoms with Crippen molar-refractivity contribution in [2.45, 2.75) is 37.9 Å². The molecule has 2 aromatic heterocycles. The highest BCUT2D eigenvalue weighted by Crippen LogP contribution is 2.12. The summed E-state index contributed by atoms with van der Waals surface area (Å²) >= 11 is 1.39. The van der Waals surface area contributed by atoms with Crippen LogP contribution in [0.25, 0.3) is 0 Å². The van der Waals surface area contributed by atoms with Gasteiger partial charge in [0.1, 0.15) is 18.7 Å². The third-order valence-electron chi connectivity index (χ3n) is 6.49. The second-order valence-electron chi connectivity index (χ2n) is 9.52. The maximum absolute atomic E-state index is 13.5. The van der Waals surface area contributed by atoms with Gasteiger partial charge in [-0.25, -0.2) is 9.78 Å². The molecule has 1 saturated heterocycles. The summed E-state index contributed by atoms with van der Waals surface area (Å²) < 4.78 is 21.0. The molecule has 4 rings (SSSR count). The number of rotatable bonds is 15. The molecule has 0 aliphatic carbocycles. The zero-order chi connectivity index (χ0) is 28.9. The number of amides is 2. The molecule has 3 heterocycles. The van der Waals surface area contributed by atoms with Crippen molar-refractivity contribution < 1.29 is 33.1 Å². The van der Waals surface area contributed by atoms with Crippen LogP contribution in [0.15, 0.2) is 51.8 Å². The summed E-state index contributed by atoms with van der Waals surface area (Å²) in [5.41, 5.74) is 3.37. The lowest BCUT2D eigenvalue weighted by atomic mass is 10.0. The fourth-order valence-corrected chi connectivity index (χ4v) is 4.84. The molecule has 3 aromatic rings. The van der Waals surface area contributed by atoms with Gasteiger partial charge in [-0.2, -0.15) is 0 Å². The fraction of sp³-hybridized carbons (Fsp3) is 0.464. The lowest BCUT2D eigenvalue weighted by Gasteiger charge is -2.25. The van der Waals surface area contributed by atoms with Crippen LogP contribution in [-0.2, 0) is 43.2 Å². The number of carbonyl (C=O) groups excluding carboxylic acids is 3. The van der Waals surface area contributed by atoms with Crippen molar-refractivity contribution in [3.05, 3.63) is 70.0 Å². The number of nitrogens with zero attached hydrogens (tertiary/aromatic N) is 3. The molecule has 13 heteroatoms. The van der Waals surface area contributed by atoms with Gasteiger partial charge in [-0.1, -0.05) is 35.5 Å². The van der Waals surface area contributed by atoms with E-state index in [0.717, 1.165) is 18.7 Å². The first-order valence-electron chi connectivity index (χ1n) is 13.5. The van der Waals surface area contributed by atoms with Gasteiger partial charge in [0.2, 0.25) is 5.91 Å². The predicted octanol–water partition coefficient (Wildman–Crippen LogP) is 1.61. The molecule has 41 heavy (non-hydrogen) atoms. The summed E-state index contributed by atoms with van der Waals surface area (Å²) in [4.78, 5) is 45.9. The third kappa shape index (κ3) is 9.74. The number of thiazole rings is 1. The zero-order valence-electron chi connectivity index (χ0n) is 23.0. The monoisotopic (exact) mass is 585 g/mol. The van der Waals surface area contributed by atoms with Crippen molar-refractivity contribution in [1.29, 1.82) is 0 Å². The van der Waals surface area contributed by atoms with Crippen LogP contribution in [0.3, 0.4) is 0 Å². The van der Waals surface area contributed by atoms with E-state index < -0.39 is 29.9 Å². The lowest BCUT2D eigenvalue weighted by molar-refractivity contribution is -0.149. The molecule has 12 nitrogen and oxygen atoms in total. The molecule has 0 radical (unpaired) electrons. The number of morpholine rings is 1. The van der Waals surface area contributed by atoms with Crippen LogP contribution >= 0.6 is 11.3 Å². The number of benzene rings is 1. The Morgan fingerprint density at radius 3 is 2.63 bits per heavy atom. The van der Waals surface area contributed by atoms with Crippen LogP contribution in [0.1, 0.15) is 33.9 Å². The molecular weight excluding hydrogens is 550 g/mol. The Morgan fingerprint density at radius 2 is 1.90 bits per heavy atom. The van der Waals surface area contributed by atoms with Crippen molar-refractivity contribution in [2.24, 2.45) is 0 Å². The summed E-state index contributed by atoms with van der Waals surface area (Å²) in [6.45, 7) is 3.59. The van der Waals surface area contributed by atoms with E-state index in [9.17, 15) is 14.4 Å². The largest absolute Gasteiger partial charge is 0.462 e. The Bertz CT molecular complexity index is 1230. The number of esters is 1. The average molecular weight is 586 g/mol. The number of nitrogens with one attached hydrogen (secondary N) is 2. The molecule has 0 unspecified atom stereocenters. The van der Waals surface area contributed by atoms with E-state index in [0.29, 0.717) is 44.1 Å². The van der Waals surface area contributed by atoms with Gasteiger partial charge in [0.15, 0.2) is 11.5 Å². The number of aryl methyl sites for hydroxylation is 1. The van der Waals surface area contributed by atoms with Gasteiger partial charge in [0.05, 0.1) is 37.6 Å². The van der Waals surface area contributed by atoms with Crippen LogP contribution < -0.4 is 10.6 Å². The van der Waals surface area contributed by atoms with Gasteiger partial charge in [0.25, 0.3) is 5.91 Å². The molecular formula is C28H35N5O7S. The first kappa shape index (κ1) is 30.3. The molecule has 2 atom stereocenters. The lowest BCUT2D eigenvalue weighted by Crippen LogP contribution is -2.53. The number of methoxy groups -OCH3 is 1. The summed E-state index contributed by atoms with van der Waals surface area (Å²) in [5.74, 6) is -1.13. The molecule has 0 saturated carbocycles. The minimum Gasteiger partial charge on any atom is -0.462 e. The van der Waals surface area contributed by atoms with E-state index in [1.54, 1.807) is 17.0 Å². The SMILES string of the molecule is COCCOC(=O)[C@H](Cc1cscn1)NC(=O)[C@H](CCc1ccccc1)NC(=O)c1cc(CN2CCOCC2)on1. The smallest absolute Gasteiger partial charge is 0.329 e. The van der Waals surface area contributed by atoms with Gasteiger partial charge >= 0.3 is 5.97 Å². The zero-order valence-corrected chi connectivity index (χ0v) is 23.8. The van der Waals surface area contributed by atoms with Crippen LogP contribution in [-0.4, -0.2) is 91.5 Å². The highest BCUT2D eigenvalue weighted by Gasteiger charge is 2.29. The van der Waals surface area contributed by atoms with E-state index >= 15 is 0 Å². The number of ether oxygens (including phenoxy) is 3. The molecule has 1 aliphatic rings. The maximum atomic E-state index is 13.5. The summed E-state index contributed by atoms with van der Waals surface area (Å²) in [7, 11) is 1.50. The Hall–Kier alpha value is -3.65. The second-order valence-corrected chi connectivity index (χ2v) is 10.2. The summed E-state index contributed by atoms with van der Waals surface area (Å²) in [6, 6.07) is 9.26. The summed E-state index contributed by atoms with van der Waals surface area (Å²) in [6.07, 6.45) is 0.964. The van der Waals surface area contributed by atoms with Gasteiger partial charge < -0.3 is 29.4 Å². The number of hydrogen-bond acceptors (Lipinski definition) is 11. The first-order valence-corrected chi connectivity index (χ1v) is 14.4. The Morgan fingerprint density at radius 1 is 1.10 bits per heavy atom. The van der Waals surface area contributed by atoms with E-state index in [1.165, 1.54) is 18.4 Å².